The Kier molecular flexibility index (Phi) is 5.65. The Morgan fingerprint density at radius 1 is 1.73 bits per heavy atom. The highest BCUT2D eigenvalue weighted by molar-refractivity contribution is 6.19. The van der Waals surface area contributed by atoms with Crippen molar-refractivity contribution in [2.24, 2.45) is 0 Å². The average Bonchev–Trinajstić information content (AvgIpc) is 1.97. The van der Waals surface area contributed by atoms with Crippen molar-refractivity contribution < 1.29 is 14.6 Å². The van der Waals surface area contributed by atoms with Gasteiger partial charge in [-0.3, -0.25) is 0 Å². The molecule has 0 fully saturated rings. The number of carboxylic acid groups (broad SMARTS) is 1. The highest BCUT2D eigenvalue weighted by Gasteiger charge is 1.98. The van der Waals surface area contributed by atoms with Crippen LogP contribution < -0.4 is 0 Å². The van der Waals surface area contributed by atoms with E-state index in [1.54, 1.807) is 0 Å². The maximum atomic E-state index is 10.1. The molecule has 0 aliphatic carbocycles. The van der Waals surface area contributed by atoms with Crippen LogP contribution in [0.5, 0.6) is 0 Å². The van der Waals surface area contributed by atoms with E-state index in [0.717, 1.165) is 12.5 Å². The monoisotopic (exact) mass is 178 g/mol. The van der Waals surface area contributed by atoms with E-state index < -0.39 is 5.97 Å². The van der Waals surface area contributed by atoms with Gasteiger partial charge in [-0.05, 0) is 6.42 Å². The second-order valence-corrected chi connectivity index (χ2v) is 2.20. The van der Waals surface area contributed by atoms with Gasteiger partial charge in [-0.15, -0.1) is 11.6 Å². The Labute approximate surface area is 70.6 Å². The molecule has 0 heterocycles. The molecule has 0 rings (SSSR count). The number of hydrogen-bond donors (Lipinski definition) is 1. The lowest BCUT2D eigenvalue weighted by Gasteiger charge is -2.03. The molecule has 0 aromatic carbocycles. The lowest BCUT2D eigenvalue weighted by Crippen LogP contribution is -1.99. The molecule has 64 valence electrons. The van der Waals surface area contributed by atoms with E-state index in [1.165, 1.54) is 0 Å². The van der Waals surface area contributed by atoms with Gasteiger partial charge in [0, 0.05) is 0 Å². The zero-order valence-electron chi connectivity index (χ0n) is 6.34. The SMILES string of the molecule is CCCO/C(=C\C(=O)O)CCl. The standard InChI is InChI=1S/C7H11ClO3/c1-2-3-11-6(5-8)4-7(9)10/h4H,2-3,5H2,1H3,(H,9,10)/b6-4-. The molecule has 3 nitrogen and oxygen atoms in total. The van der Waals surface area contributed by atoms with E-state index in [9.17, 15) is 4.79 Å². The van der Waals surface area contributed by atoms with Crippen molar-refractivity contribution in [2.75, 3.05) is 12.5 Å². The second-order valence-electron chi connectivity index (χ2n) is 1.93. The zero-order chi connectivity index (χ0) is 8.69. The first-order valence-corrected chi connectivity index (χ1v) is 3.86. The van der Waals surface area contributed by atoms with Crippen molar-refractivity contribution >= 4 is 17.6 Å². The third-order valence-electron chi connectivity index (χ3n) is 0.908. The van der Waals surface area contributed by atoms with Gasteiger partial charge in [0.25, 0.3) is 0 Å². The van der Waals surface area contributed by atoms with E-state index in [1.807, 2.05) is 6.92 Å². The number of aliphatic carboxylic acids is 1. The van der Waals surface area contributed by atoms with Crippen LogP contribution in [0.15, 0.2) is 11.8 Å². The summed E-state index contributed by atoms with van der Waals surface area (Å²) in [5.41, 5.74) is 0. The Bertz CT molecular complexity index is 154. The summed E-state index contributed by atoms with van der Waals surface area (Å²) < 4.78 is 5.00. The minimum absolute atomic E-state index is 0.103. The van der Waals surface area contributed by atoms with Crippen LogP contribution in [0.3, 0.4) is 0 Å². The molecule has 11 heavy (non-hydrogen) atoms. The fourth-order valence-electron chi connectivity index (χ4n) is 0.490. The minimum Gasteiger partial charge on any atom is -0.496 e. The van der Waals surface area contributed by atoms with Gasteiger partial charge >= 0.3 is 5.97 Å². The van der Waals surface area contributed by atoms with E-state index >= 15 is 0 Å². The summed E-state index contributed by atoms with van der Waals surface area (Å²) in [5, 5.41) is 8.30. The first kappa shape index (κ1) is 10.3. The molecular weight excluding hydrogens is 168 g/mol. The number of alkyl halides is 1. The molecule has 0 spiro atoms. The van der Waals surface area contributed by atoms with Crippen LogP contribution >= 0.6 is 11.6 Å². The highest BCUT2D eigenvalue weighted by atomic mass is 35.5. The molecule has 0 aromatic heterocycles. The van der Waals surface area contributed by atoms with Crippen LogP contribution in [0.25, 0.3) is 0 Å². The number of hydrogen-bond acceptors (Lipinski definition) is 2. The summed E-state index contributed by atoms with van der Waals surface area (Å²) in [6.45, 7) is 2.44. The lowest BCUT2D eigenvalue weighted by atomic mass is 10.4. The van der Waals surface area contributed by atoms with Gasteiger partial charge in [0.15, 0.2) is 0 Å². The van der Waals surface area contributed by atoms with Gasteiger partial charge in [0.2, 0.25) is 0 Å². The first-order chi connectivity index (χ1) is 5.20. The average molecular weight is 179 g/mol. The van der Waals surface area contributed by atoms with Crippen LogP contribution in [0.4, 0.5) is 0 Å². The molecule has 0 radical (unpaired) electrons. The number of allylic oxidation sites excluding steroid dienone is 1. The summed E-state index contributed by atoms with van der Waals surface area (Å²) in [4.78, 5) is 10.1. The van der Waals surface area contributed by atoms with Crippen molar-refractivity contribution in [1.82, 2.24) is 0 Å². The maximum Gasteiger partial charge on any atom is 0.331 e. The van der Waals surface area contributed by atoms with Crippen molar-refractivity contribution in [3.8, 4) is 0 Å². The number of ether oxygens (including phenoxy) is 1. The summed E-state index contributed by atoms with van der Waals surface area (Å²) in [6.07, 6.45) is 1.82. The number of halogens is 1. The van der Waals surface area contributed by atoms with Gasteiger partial charge in [0.1, 0.15) is 5.76 Å². The first-order valence-electron chi connectivity index (χ1n) is 3.33. The van der Waals surface area contributed by atoms with Crippen molar-refractivity contribution in [1.29, 1.82) is 0 Å². The van der Waals surface area contributed by atoms with E-state index in [0.29, 0.717) is 12.4 Å². The molecule has 0 aromatic rings. The maximum absolute atomic E-state index is 10.1. The quantitative estimate of drug-likeness (QED) is 0.395. The van der Waals surface area contributed by atoms with Crippen LogP contribution in [0.1, 0.15) is 13.3 Å². The topological polar surface area (TPSA) is 46.5 Å². The summed E-state index contributed by atoms with van der Waals surface area (Å²) >= 11 is 5.39. The molecule has 0 amide bonds. The van der Waals surface area contributed by atoms with Gasteiger partial charge in [-0.2, -0.15) is 0 Å². The van der Waals surface area contributed by atoms with Gasteiger partial charge in [-0.1, -0.05) is 6.92 Å². The van der Waals surface area contributed by atoms with Crippen molar-refractivity contribution in [2.45, 2.75) is 13.3 Å². The summed E-state index contributed by atoms with van der Waals surface area (Å²) in [5.74, 6) is -0.621. The Morgan fingerprint density at radius 3 is 2.73 bits per heavy atom. The normalized spacial score (nSPS) is 11.3. The molecule has 0 saturated carbocycles. The molecule has 0 saturated heterocycles. The molecule has 0 bridgehead atoms. The second kappa shape index (κ2) is 6.04. The fourth-order valence-corrected chi connectivity index (χ4v) is 0.644. The molecular formula is C7H11ClO3. The molecule has 0 atom stereocenters. The number of carboxylic acids is 1. The predicted molar refractivity (Wildman–Crippen MR) is 42.7 cm³/mol. The molecule has 1 N–H and O–H groups in total. The number of rotatable bonds is 5. The molecule has 0 aliphatic heterocycles. The summed E-state index contributed by atoms with van der Waals surface area (Å²) in [6, 6.07) is 0. The van der Waals surface area contributed by atoms with Crippen molar-refractivity contribution in [3.63, 3.8) is 0 Å². The van der Waals surface area contributed by atoms with Crippen LogP contribution in [0.2, 0.25) is 0 Å². The third-order valence-corrected chi connectivity index (χ3v) is 1.17. The molecule has 0 unspecified atom stereocenters. The Morgan fingerprint density at radius 2 is 2.36 bits per heavy atom. The number of carbonyl (C=O) groups is 1. The lowest BCUT2D eigenvalue weighted by molar-refractivity contribution is -0.131. The largest absolute Gasteiger partial charge is 0.496 e. The smallest absolute Gasteiger partial charge is 0.331 e. The van der Waals surface area contributed by atoms with E-state index in [2.05, 4.69) is 0 Å². The van der Waals surface area contributed by atoms with Crippen LogP contribution in [0, 0.1) is 0 Å². The highest BCUT2D eigenvalue weighted by Crippen LogP contribution is 2.00. The molecule has 4 heteroatoms. The third kappa shape index (κ3) is 5.73. The fraction of sp³-hybridized carbons (Fsp3) is 0.571. The minimum atomic E-state index is -1.03. The van der Waals surface area contributed by atoms with E-state index in [-0.39, 0.29) is 5.88 Å². The molecule has 0 aliphatic rings. The Balaban J connectivity index is 3.84. The Hall–Kier alpha value is -0.700. The summed E-state index contributed by atoms with van der Waals surface area (Å²) in [7, 11) is 0. The van der Waals surface area contributed by atoms with Crippen molar-refractivity contribution in [3.05, 3.63) is 11.8 Å². The predicted octanol–water partition coefficient (Wildman–Crippen LogP) is 1.62. The van der Waals surface area contributed by atoms with Crippen LogP contribution in [-0.4, -0.2) is 23.6 Å². The van der Waals surface area contributed by atoms with Gasteiger partial charge in [-0.25, -0.2) is 4.79 Å². The van der Waals surface area contributed by atoms with Gasteiger partial charge in [0.05, 0.1) is 18.6 Å². The van der Waals surface area contributed by atoms with Gasteiger partial charge < -0.3 is 9.84 Å². The van der Waals surface area contributed by atoms with E-state index in [4.69, 9.17) is 21.4 Å². The zero-order valence-corrected chi connectivity index (χ0v) is 7.10. The van der Waals surface area contributed by atoms with Crippen LogP contribution in [-0.2, 0) is 9.53 Å².